The first-order chi connectivity index (χ1) is 9.95. The fourth-order valence-electron chi connectivity index (χ4n) is 1.61. The maximum atomic E-state index is 10.9. The normalized spacial score (nSPS) is 10.0. The number of nitrogens with zero attached hydrogens (tertiary/aromatic N) is 4. The molecular formula is C13H9BrN4O3. The summed E-state index contributed by atoms with van der Waals surface area (Å²) in [5.74, 6) is 0.208. The van der Waals surface area contributed by atoms with Crippen molar-refractivity contribution in [1.29, 1.82) is 5.26 Å². The zero-order valence-electron chi connectivity index (χ0n) is 11.1. The van der Waals surface area contributed by atoms with Gasteiger partial charge in [0, 0.05) is 6.07 Å². The van der Waals surface area contributed by atoms with Gasteiger partial charge in [-0.2, -0.15) is 10.4 Å². The van der Waals surface area contributed by atoms with Gasteiger partial charge in [-0.1, -0.05) is 6.07 Å². The minimum absolute atomic E-state index is 0.0156. The summed E-state index contributed by atoms with van der Waals surface area (Å²) in [5, 5.41) is 27.8. The molecule has 1 aromatic heterocycles. The van der Waals surface area contributed by atoms with Gasteiger partial charge in [-0.15, -0.1) is 5.10 Å². The summed E-state index contributed by atoms with van der Waals surface area (Å²) < 4.78 is 5.69. The average Bonchev–Trinajstić information content (AvgIpc) is 2.45. The van der Waals surface area contributed by atoms with Crippen molar-refractivity contribution < 1.29 is 9.66 Å². The molecule has 1 heterocycles. The second-order valence-corrected chi connectivity index (χ2v) is 4.94. The minimum Gasteiger partial charge on any atom is -0.435 e. The molecule has 0 fully saturated rings. The van der Waals surface area contributed by atoms with Crippen molar-refractivity contribution >= 4 is 21.6 Å². The van der Waals surface area contributed by atoms with Crippen molar-refractivity contribution in [2.24, 2.45) is 0 Å². The number of ether oxygens (including phenoxy) is 1. The van der Waals surface area contributed by atoms with Crippen LogP contribution in [-0.4, -0.2) is 15.1 Å². The Bertz CT molecular complexity index is 771. The van der Waals surface area contributed by atoms with Crippen LogP contribution in [0.5, 0.6) is 11.6 Å². The number of nitro groups is 1. The predicted octanol–water partition coefficient (Wildman–Crippen LogP) is 3.43. The summed E-state index contributed by atoms with van der Waals surface area (Å²) >= 11 is 3.12. The Balaban J connectivity index is 2.50. The highest BCUT2D eigenvalue weighted by molar-refractivity contribution is 9.10. The van der Waals surface area contributed by atoms with E-state index in [2.05, 4.69) is 26.1 Å². The third kappa shape index (κ3) is 2.83. The molecule has 0 saturated heterocycles. The van der Waals surface area contributed by atoms with Crippen molar-refractivity contribution in [1.82, 2.24) is 10.2 Å². The number of nitro benzene ring substituents is 1. The van der Waals surface area contributed by atoms with Gasteiger partial charge >= 0.3 is 0 Å². The van der Waals surface area contributed by atoms with Crippen LogP contribution in [-0.2, 0) is 0 Å². The van der Waals surface area contributed by atoms with Gasteiger partial charge in [0.2, 0.25) is 0 Å². The lowest BCUT2D eigenvalue weighted by Gasteiger charge is -2.09. The molecule has 0 radical (unpaired) electrons. The van der Waals surface area contributed by atoms with E-state index in [-0.39, 0.29) is 27.4 Å². The van der Waals surface area contributed by atoms with E-state index in [4.69, 9.17) is 4.74 Å². The first-order valence-electron chi connectivity index (χ1n) is 5.80. The zero-order valence-corrected chi connectivity index (χ0v) is 12.7. The number of aromatic nitrogens is 2. The molecule has 1 aromatic carbocycles. The van der Waals surface area contributed by atoms with Crippen molar-refractivity contribution in [3.63, 3.8) is 0 Å². The molecule has 21 heavy (non-hydrogen) atoms. The number of halogens is 1. The Hall–Kier alpha value is -2.53. The van der Waals surface area contributed by atoms with Crippen molar-refractivity contribution in [2.75, 3.05) is 0 Å². The Morgan fingerprint density at radius 1 is 1.38 bits per heavy atom. The largest absolute Gasteiger partial charge is 0.435 e. The monoisotopic (exact) mass is 348 g/mol. The Labute approximate surface area is 128 Å². The topological polar surface area (TPSA) is 102 Å². The second kappa shape index (κ2) is 5.85. The molecule has 0 aliphatic rings. The van der Waals surface area contributed by atoms with E-state index in [1.165, 1.54) is 18.2 Å². The van der Waals surface area contributed by atoms with Gasteiger partial charge in [-0.25, -0.2) is 0 Å². The van der Waals surface area contributed by atoms with E-state index in [0.29, 0.717) is 11.3 Å². The summed E-state index contributed by atoms with van der Waals surface area (Å²) in [4.78, 5) is 10.4. The highest BCUT2D eigenvalue weighted by Crippen LogP contribution is 2.36. The molecule has 0 aliphatic carbocycles. The van der Waals surface area contributed by atoms with Crippen LogP contribution in [0.4, 0.5) is 5.69 Å². The molecule has 8 heteroatoms. The summed E-state index contributed by atoms with van der Waals surface area (Å²) in [6, 6.07) is 6.37. The summed E-state index contributed by atoms with van der Waals surface area (Å²) in [5.41, 5.74) is 1.39. The van der Waals surface area contributed by atoms with Crippen LogP contribution in [0.25, 0.3) is 0 Å². The first-order valence-corrected chi connectivity index (χ1v) is 6.59. The lowest BCUT2D eigenvalue weighted by atomic mass is 10.1. The number of hydrogen-bond donors (Lipinski definition) is 0. The van der Waals surface area contributed by atoms with E-state index >= 15 is 0 Å². The highest BCUT2D eigenvalue weighted by Gasteiger charge is 2.19. The molecule has 0 spiro atoms. The first kappa shape index (κ1) is 14.9. The Kier molecular flexibility index (Phi) is 4.14. The molecular weight excluding hydrogens is 340 g/mol. The zero-order chi connectivity index (χ0) is 15.6. The molecule has 0 amide bonds. The molecule has 0 saturated carbocycles. The lowest BCUT2D eigenvalue weighted by Crippen LogP contribution is -2.01. The van der Waals surface area contributed by atoms with Crippen LogP contribution in [0.1, 0.15) is 16.8 Å². The minimum atomic E-state index is -0.534. The lowest BCUT2D eigenvalue weighted by molar-refractivity contribution is -0.385. The van der Waals surface area contributed by atoms with E-state index < -0.39 is 4.92 Å². The fourth-order valence-corrected chi connectivity index (χ4v) is 2.10. The maximum absolute atomic E-state index is 10.9. The van der Waals surface area contributed by atoms with Gasteiger partial charge in [0.25, 0.3) is 11.6 Å². The second-order valence-electron chi connectivity index (χ2n) is 4.15. The molecule has 106 valence electrons. The average molecular weight is 349 g/mol. The molecule has 7 nitrogen and oxygen atoms in total. The molecule has 0 N–H and O–H groups in total. The standard InChI is InChI=1S/C13H9BrN4O3/c1-7-8(2)16-17-13(9(7)6-15)21-11-5-3-4-10(12(11)14)18(19)20/h3-5H,1-2H3. The molecule has 0 bridgehead atoms. The maximum Gasteiger partial charge on any atom is 0.287 e. The van der Waals surface area contributed by atoms with Crippen LogP contribution < -0.4 is 4.74 Å². The van der Waals surface area contributed by atoms with Gasteiger partial charge in [0.05, 0.1) is 10.6 Å². The smallest absolute Gasteiger partial charge is 0.287 e. The van der Waals surface area contributed by atoms with Crippen LogP contribution in [0.3, 0.4) is 0 Å². The van der Waals surface area contributed by atoms with Crippen molar-refractivity contribution in [2.45, 2.75) is 13.8 Å². The predicted molar refractivity (Wildman–Crippen MR) is 77.1 cm³/mol. The van der Waals surface area contributed by atoms with Crippen molar-refractivity contribution in [3.05, 3.63) is 49.6 Å². The fraction of sp³-hybridized carbons (Fsp3) is 0.154. The molecule has 2 rings (SSSR count). The van der Waals surface area contributed by atoms with E-state index in [1.807, 2.05) is 6.07 Å². The number of nitriles is 1. The summed E-state index contributed by atoms with van der Waals surface area (Å²) in [6.45, 7) is 3.47. The molecule has 0 atom stereocenters. The van der Waals surface area contributed by atoms with Crippen LogP contribution in [0.2, 0.25) is 0 Å². The third-order valence-corrected chi connectivity index (χ3v) is 3.68. The number of hydrogen-bond acceptors (Lipinski definition) is 6. The van der Waals surface area contributed by atoms with Crippen molar-refractivity contribution in [3.8, 4) is 17.7 Å². The van der Waals surface area contributed by atoms with Gasteiger partial charge < -0.3 is 4.74 Å². The van der Waals surface area contributed by atoms with Gasteiger partial charge in [-0.05, 0) is 41.4 Å². The van der Waals surface area contributed by atoms with Crippen LogP contribution in [0.15, 0.2) is 22.7 Å². The quantitative estimate of drug-likeness (QED) is 0.621. The SMILES string of the molecule is Cc1nnc(Oc2cccc([N+](=O)[O-])c2Br)c(C#N)c1C. The number of aryl methyl sites for hydroxylation is 1. The van der Waals surface area contributed by atoms with Gasteiger partial charge in [0.1, 0.15) is 16.1 Å². The molecule has 0 unspecified atom stereocenters. The Morgan fingerprint density at radius 3 is 2.71 bits per heavy atom. The van der Waals surface area contributed by atoms with Crippen LogP contribution in [0, 0.1) is 35.3 Å². The summed E-state index contributed by atoms with van der Waals surface area (Å²) in [7, 11) is 0. The molecule has 0 aliphatic heterocycles. The Morgan fingerprint density at radius 2 is 2.10 bits per heavy atom. The van der Waals surface area contributed by atoms with E-state index in [0.717, 1.165) is 0 Å². The summed E-state index contributed by atoms with van der Waals surface area (Å²) in [6.07, 6.45) is 0. The highest BCUT2D eigenvalue weighted by atomic mass is 79.9. The van der Waals surface area contributed by atoms with E-state index in [1.54, 1.807) is 13.8 Å². The van der Waals surface area contributed by atoms with Gasteiger partial charge in [0.15, 0.2) is 5.75 Å². The van der Waals surface area contributed by atoms with Gasteiger partial charge in [-0.3, -0.25) is 10.1 Å². The number of rotatable bonds is 3. The van der Waals surface area contributed by atoms with Crippen LogP contribution >= 0.6 is 15.9 Å². The van der Waals surface area contributed by atoms with E-state index in [9.17, 15) is 15.4 Å². The third-order valence-electron chi connectivity index (χ3n) is 2.88. The molecule has 2 aromatic rings. The number of benzene rings is 1.